The van der Waals surface area contributed by atoms with Gasteiger partial charge >= 0.3 is 6.03 Å². The van der Waals surface area contributed by atoms with Crippen molar-refractivity contribution in [3.8, 4) is 5.75 Å². The lowest BCUT2D eigenvalue weighted by molar-refractivity contribution is -0.120. The minimum absolute atomic E-state index is 0.263. The van der Waals surface area contributed by atoms with E-state index in [0.29, 0.717) is 30.0 Å². The van der Waals surface area contributed by atoms with Crippen molar-refractivity contribution < 1.29 is 19.1 Å². The molecule has 1 saturated heterocycles. The van der Waals surface area contributed by atoms with Gasteiger partial charge in [-0.15, -0.1) is 0 Å². The number of carbonyl (C=O) groups excluding carboxylic acids is 3. The molecule has 4 amide bonds. The Bertz CT molecular complexity index is 1590. The third-order valence-corrected chi connectivity index (χ3v) is 7.54. The summed E-state index contributed by atoms with van der Waals surface area (Å²) < 4.78 is 5.36. The average Bonchev–Trinajstić information content (AvgIpc) is 3.44. The van der Waals surface area contributed by atoms with E-state index in [4.69, 9.17) is 4.74 Å². The standard InChI is InChI=1S/C31H30N4O4/c1-18(2)17-32-29(36)22-9-5-7-11-25(22)35-30(37)26-16-23-21-8-4-6-10-24(21)33-27(23)28(34(26)31(35)38)19-12-14-20(39-3)15-13-19/h4-15,18,26,28,33H,16-17H2,1-3H3,(H,32,36)/t26-,28+/m0/s1. The first-order chi connectivity index (χ1) is 18.9. The number of methoxy groups -OCH3 is 1. The number of H-pyrrole nitrogens is 1. The molecular formula is C31H30N4O4. The van der Waals surface area contributed by atoms with Gasteiger partial charge in [0.2, 0.25) is 0 Å². The maximum atomic E-state index is 14.2. The normalized spacial score (nSPS) is 18.5. The van der Waals surface area contributed by atoms with Crippen molar-refractivity contribution in [3.05, 3.63) is 95.2 Å². The monoisotopic (exact) mass is 522 g/mol. The highest BCUT2D eigenvalue weighted by Gasteiger charge is 2.53. The number of hydrogen-bond acceptors (Lipinski definition) is 4. The Morgan fingerprint density at radius 3 is 2.49 bits per heavy atom. The maximum absolute atomic E-state index is 14.2. The Balaban J connectivity index is 1.46. The van der Waals surface area contributed by atoms with E-state index < -0.39 is 18.1 Å². The second-order valence-electron chi connectivity index (χ2n) is 10.4. The number of aromatic nitrogens is 1. The Hall–Kier alpha value is -4.59. The first kappa shape index (κ1) is 24.7. The summed E-state index contributed by atoms with van der Waals surface area (Å²) in [6, 6.07) is 20.7. The van der Waals surface area contributed by atoms with Crippen LogP contribution in [0.15, 0.2) is 72.8 Å². The largest absolute Gasteiger partial charge is 0.497 e. The van der Waals surface area contributed by atoms with Crippen LogP contribution in [0, 0.1) is 5.92 Å². The number of para-hydroxylation sites is 2. The molecule has 2 atom stereocenters. The number of carbonyl (C=O) groups is 3. The van der Waals surface area contributed by atoms with E-state index in [9.17, 15) is 14.4 Å². The minimum Gasteiger partial charge on any atom is -0.497 e. The Kier molecular flexibility index (Phi) is 6.10. The number of rotatable bonds is 6. The second-order valence-corrected chi connectivity index (χ2v) is 10.4. The van der Waals surface area contributed by atoms with Crippen LogP contribution in [0.5, 0.6) is 5.75 Å². The summed E-state index contributed by atoms with van der Waals surface area (Å²) in [7, 11) is 1.61. The average molecular weight is 523 g/mol. The highest BCUT2D eigenvalue weighted by Crippen LogP contribution is 2.45. The molecular weight excluding hydrogens is 492 g/mol. The quantitative estimate of drug-likeness (QED) is 0.347. The van der Waals surface area contributed by atoms with Crippen LogP contribution in [0.1, 0.15) is 47.1 Å². The molecule has 0 spiro atoms. The zero-order valence-electron chi connectivity index (χ0n) is 22.1. The van der Waals surface area contributed by atoms with Gasteiger partial charge in [-0.25, -0.2) is 9.69 Å². The molecule has 39 heavy (non-hydrogen) atoms. The molecule has 3 aromatic carbocycles. The Morgan fingerprint density at radius 2 is 1.74 bits per heavy atom. The number of nitrogens with zero attached hydrogens (tertiary/aromatic N) is 2. The van der Waals surface area contributed by atoms with Crippen molar-refractivity contribution in [1.29, 1.82) is 0 Å². The zero-order valence-corrected chi connectivity index (χ0v) is 22.1. The lowest BCUT2D eigenvalue weighted by Gasteiger charge is -2.36. The predicted molar refractivity (Wildman–Crippen MR) is 149 cm³/mol. The number of anilines is 1. The highest BCUT2D eigenvalue weighted by atomic mass is 16.5. The van der Waals surface area contributed by atoms with E-state index in [0.717, 1.165) is 27.7 Å². The fourth-order valence-electron chi connectivity index (χ4n) is 5.68. The molecule has 8 heteroatoms. The third kappa shape index (κ3) is 4.03. The van der Waals surface area contributed by atoms with Crippen LogP contribution >= 0.6 is 0 Å². The summed E-state index contributed by atoms with van der Waals surface area (Å²) in [5.74, 6) is 0.320. The minimum atomic E-state index is -0.705. The van der Waals surface area contributed by atoms with E-state index in [-0.39, 0.29) is 17.7 Å². The summed E-state index contributed by atoms with van der Waals surface area (Å²) in [4.78, 5) is 47.7. The van der Waals surface area contributed by atoms with Crippen LogP contribution in [0.3, 0.4) is 0 Å². The van der Waals surface area contributed by atoms with Gasteiger partial charge in [0.1, 0.15) is 17.8 Å². The number of benzene rings is 3. The van der Waals surface area contributed by atoms with Gasteiger partial charge in [-0.2, -0.15) is 0 Å². The smallest absolute Gasteiger partial charge is 0.332 e. The first-order valence-corrected chi connectivity index (χ1v) is 13.2. The molecule has 0 radical (unpaired) electrons. The highest BCUT2D eigenvalue weighted by molar-refractivity contribution is 6.24. The second kappa shape index (κ2) is 9.62. The molecule has 4 aromatic rings. The molecule has 3 heterocycles. The van der Waals surface area contributed by atoms with Crippen molar-refractivity contribution in [2.45, 2.75) is 32.4 Å². The molecule has 2 N–H and O–H groups in total. The number of aromatic amines is 1. The summed E-state index contributed by atoms with van der Waals surface area (Å²) >= 11 is 0. The number of hydrogen-bond donors (Lipinski definition) is 2. The molecule has 0 saturated carbocycles. The number of imide groups is 1. The SMILES string of the molecule is COc1ccc([C@@H]2c3[nH]c4ccccc4c3C[C@H]3C(=O)N(c4ccccc4C(=O)NCC(C)C)C(=O)N23)cc1. The number of ether oxygens (including phenoxy) is 1. The molecule has 0 bridgehead atoms. The Morgan fingerprint density at radius 1 is 1.03 bits per heavy atom. The van der Waals surface area contributed by atoms with Crippen LogP contribution in [-0.2, 0) is 11.2 Å². The van der Waals surface area contributed by atoms with E-state index in [1.54, 1.807) is 36.3 Å². The van der Waals surface area contributed by atoms with Gasteiger partial charge in [0.15, 0.2) is 0 Å². The zero-order chi connectivity index (χ0) is 27.3. The number of nitrogens with one attached hydrogen (secondary N) is 2. The van der Waals surface area contributed by atoms with Crippen molar-refractivity contribution >= 4 is 34.4 Å². The van der Waals surface area contributed by atoms with Gasteiger partial charge in [0, 0.05) is 29.6 Å². The Labute approximate surface area is 226 Å². The topological polar surface area (TPSA) is 94.7 Å². The summed E-state index contributed by atoms with van der Waals surface area (Å²) in [5, 5.41) is 3.95. The molecule has 0 aliphatic carbocycles. The van der Waals surface area contributed by atoms with Gasteiger partial charge in [0.25, 0.3) is 11.8 Å². The van der Waals surface area contributed by atoms with Crippen LogP contribution < -0.4 is 15.0 Å². The number of urea groups is 1. The lowest BCUT2D eigenvalue weighted by Crippen LogP contribution is -2.44. The molecule has 2 aliphatic heterocycles. The fraction of sp³-hybridized carbons (Fsp3) is 0.258. The fourth-order valence-corrected chi connectivity index (χ4v) is 5.68. The maximum Gasteiger partial charge on any atom is 0.332 e. The summed E-state index contributed by atoms with van der Waals surface area (Å²) in [5.41, 5.74) is 4.34. The van der Waals surface area contributed by atoms with Crippen LogP contribution in [0.4, 0.5) is 10.5 Å². The molecule has 0 unspecified atom stereocenters. The predicted octanol–water partition coefficient (Wildman–Crippen LogP) is 5.05. The molecule has 8 nitrogen and oxygen atoms in total. The molecule has 198 valence electrons. The van der Waals surface area contributed by atoms with Gasteiger partial charge in [-0.1, -0.05) is 56.3 Å². The van der Waals surface area contributed by atoms with E-state index in [1.807, 2.05) is 62.4 Å². The van der Waals surface area contributed by atoms with Gasteiger partial charge in [-0.05, 0) is 47.4 Å². The molecule has 6 rings (SSSR count). The lowest BCUT2D eigenvalue weighted by atomic mass is 9.89. The van der Waals surface area contributed by atoms with Crippen LogP contribution in [-0.4, -0.2) is 47.4 Å². The van der Waals surface area contributed by atoms with Crippen LogP contribution in [0.2, 0.25) is 0 Å². The van der Waals surface area contributed by atoms with Crippen LogP contribution in [0.25, 0.3) is 10.9 Å². The van der Waals surface area contributed by atoms with Gasteiger partial charge in [0.05, 0.1) is 18.4 Å². The van der Waals surface area contributed by atoms with Gasteiger partial charge < -0.3 is 15.0 Å². The molecule has 1 aromatic heterocycles. The van der Waals surface area contributed by atoms with E-state index >= 15 is 0 Å². The number of fused-ring (bicyclic) bond motifs is 4. The van der Waals surface area contributed by atoms with Crippen molar-refractivity contribution in [3.63, 3.8) is 0 Å². The van der Waals surface area contributed by atoms with Crippen molar-refractivity contribution in [1.82, 2.24) is 15.2 Å². The van der Waals surface area contributed by atoms with Crippen molar-refractivity contribution in [2.75, 3.05) is 18.6 Å². The van der Waals surface area contributed by atoms with Crippen molar-refractivity contribution in [2.24, 2.45) is 5.92 Å². The number of amides is 4. The van der Waals surface area contributed by atoms with E-state index in [2.05, 4.69) is 10.3 Å². The molecule has 1 fully saturated rings. The van der Waals surface area contributed by atoms with E-state index in [1.165, 1.54) is 4.90 Å². The summed E-state index contributed by atoms with van der Waals surface area (Å²) in [6.45, 7) is 4.51. The molecule has 2 aliphatic rings. The summed E-state index contributed by atoms with van der Waals surface area (Å²) in [6.07, 6.45) is 0.384. The van der Waals surface area contributed by atoms with Gasteiger partial charge in [-0.3, -0.25) is 14.5 Å². The first-order valence-electron chi connectivity index (χ1n) is 13.2. The third-order valence-electron chi connectivity index (χ3n) is 7.54.